The third-order valence-electron chi connectivity index (χ3n) is 2.06. The summed E-state index contributed by atoms with van der Waals surface area (Å²) in [7, 11) is 0. The van der Waals surface area contributed by atoms with Crippen LogP contribution < -0.4 is 5.73 Å². The zero-order chi connectivity index (χ0) is 9.97. The van der Waals surface area contributed by atoms with Gasteiger partial charge in [-0.2, -0.15) is 5.26 Å². The van der Waals surface area contributed by atoms with E-state index < -0.39 is 0 Å². The van der Waals surface area contributed by atoms with Gasteiger partial charge in [0.1, 0.15) is 5.40 Å². The van der Waals surface area contributed by atoms with Crippen LogP contribution in [-0.4, -0.2) is 0 Å². The molecule has 0 radical (unpaired) electrons. The third-order valence-corrected chi connectivity index (χ3v) is 2.81. The van der Waals surface area contributed by atoms with Crippen molar-refractivity contribution in [2.75, 3.05) is 5.73 Å². The van der Waals surface area contributed by atoms with Crippen molar-refractivity contribution in [1.82, 2.24) is 0 Å². The van der Waals surface area contributed by atoms with Crippen LogP contribution in [0, 0.1) is 10.7 Å². The van der Waals surface area contributed by atoms with Gasteiger partial charge >= 0.3 is 0 Å². The Hall–Kier alpha value is -1.66. The number of rotatable bonds is 1. The number of nitrogens with zero attached hydrogens (tertiary/aromatic N) is 1. The highest BCUT2D eigenvalue weighted by molar-refractivity contribution is 8.04. The molecular formula is C11H8N2S. The van der Waals surface area contributed by atoms with Gasteiger partial charge in [0.15, 0.2) is 0 Å². The Morgan fingerprint density at radius 3 is 2.71 bits per heavy atom. The molecule has 14 heavy (non-hydrogen) atoms. The number of hydrogen-bond donors (Lipinski definition) is 1. The number of anilines is 1. The zero-order valence-corrected chi connectivity index (χ0v) is 8.21. The van der Waals surface area contributed by atoms with Gasteiger partial charge in [0.25, 0.3) is 0 Å². The summed E-state index contributed by atoms with van der Waals surface area (Å²) in [5.74, 6) is 0. The lowest BCUT2D eigenvalue weighted by Crippen LogP contribution is -1.88. The summed E-state index contributed by atoms with van der Waals surface area (Å²) >= 11 is 1.11. The van der Waals surface area contributed by atoms with Gasteiger partial charge in [-0.3, -0.25) is 0 Å². The second-order valence-corrected chi connectivity index (χ2v) is 3.69. The number of nitrogen functional groups attached to an aromatic ring is 1. The van der Waals surface area contributed by atoms with E-state index in [4.69, 9.17) is 11.0 Å². The van der Waals surface area contributed by atoms with Crippen molar-refractivity contribution in [3.8, 4) is 5.40 Å². The van der Waals surface area contributed by atoms with Crippen LogP contribution in [0.15, 0.2) is 41.3 Å². The maximum absolute atomic E-state index is 8.66. The fourth-order valence-electron chi connectivity index (χ4n) is 1.42. The van der Waals surface area contributed by atoms with Crippen LogP contribution in [-0.2, 0) is 0 Å². The fourth-order valence-corrected chi connectivity index (χ4v) is 1.99. The molecule has 2 aromatic carbocycles. The molecule has 3 heteroatoms. The molecule has 68 valence electrons. The largest absolute Gasteiger partial charge is 0.398 e. The maximum atomic E-state index is 8.66. The first-order chi connectivity index (χ1) is 6.83. The van der Waals surface area contributed by atoms with Crippen molar-refractivity contribution >= 4 is 28.2 Å². The second-order valence-electron chi connectivity index (χ2n) is 2.90. The van der Waals surface area contributed by atoms with Crippen molar-refractivity contribution in [2.45, 2.75) is 4.90 Å². The summed E-state index contributed by atoms with van der Waals surface area (Å²) in [5.41, 5.74) is 6.46. The molecule has 0 saturated carbocycles. The van der Waals surface area contributed by atoms with Crippen molar-refractivity contribution in [3.63, 3.8) is 0 Å². The van der Waals surface area contributed by atoms with E-state index >= 15 is 0 Å². The first-order valence-corrected chi connectivity index (χ1v) is 4.98. The van der Waals surface area contributed by atoms with E-state index in [0.29, 0.717) is 5.69 Å². The molecule has 2 nitrogen and oxygen atoms in total. The lowest BCUT2D eigenvalue weighted by molar-refractivity contribution is 1.53. The highest BCUT2D eigenvalue weighted by Crippen LogP contribution is 2.32. The number of thiocyanates is 1. The molecule has 2 N–H and O–H groups in total. The quantitative estimate of drug-likeness (QED) is 0.437. The Labute approximate surface area is 86.3 Å². The Morgan fingerprint density at radius 2 is 1.93 bits per heavy atom. The highest BCUT2D eigenvalue weighted by Gasteiger charge is 2.04. The van der Waals surface area contributed by atoms with E-state index in [1.807, 2.05) is 36.4 Å². The third kappa shape index (κ3) is 1.40. The summed E-state index contributed by atoms with van der Waals surface area (Å²) < 4.78 is 0. The Bertz CT molecular complexity index is 514. The predicted octanol–water partition coefficient (Wildman–Crippen LogP) is 3.00. The summed E-state index contributed by atoms with van der Waals surface area (Å²) in [6.45, 7) is 0. The van der Waals surface area contributed by atoms with Gasteiger partial charge in [0.2, 0.25) is 0 Å². The van der Waals surface area contributed by atoms with Crippen LogP contribution in [0.3, 0.4) is 0 Å². The lowest BCUT2D eigenvalue weighted by Gasteiger charge is -2.05. The number of nitrogens with two attached hydrogens (primary N) is 1. The summed E-state index contributed by atoms with van der Waals surface area (Å²) in [4.78, 5) is 0.852. The van der Waals surface area contributed by atoms with Crippen LogP contribution in [0.2, 0.25) is 0 Å². The molecule has 0 saturated heterocycles. The van der Waals surface area contributed by atoms with Crippen molar-refractivity contribution < 1.29 is 0 Å². The molecule has 0 heterocycles. The molecule has 0 aromatic heterocycles. The lowest BCUT2D eigenvalue weighted by atomic mass is 10.1. The van der Waals surface area contributed by atoms with Gasteiger partial charge in [0.05, 0.1) is 4.90 Å². The SMILES string of the molecule is N#CSc1c(N)ccc2ccccc12. The van der Waals surface area contributed by atoms with Crippen LogP contribution >= 0.6 is 11.8 Å². The molecule has 0 amide bonds. The normalized spacial score (nSPS) is 9.93. The second kappa shape index (κ2) is 3.60. The first-order valence-electron chi connectivity index (χ1n) is 4.16. The molecule has 0 unspecified atom stereocenters. The molecule has 0 spiro atoms. The van der Waals surface area contributed by atoms with Gasteiger partial charge in [-0.25, -0.2) is 0 Å². The molecular weight excluding hydrogens is 192 g/mol. The van der Waals surface area contributed by atoms with E-state index in [9.17, 15) is 0 Å². The van der Waals surface area contributed by atoms with E-state index in [0.717, 1.165) is 27.4 Å². The minimum atomic E-state index is 0.662. The maximum Gasteiger partial charge on any atom is 0.138 e. The average Bonchev–Trinajstić information content (AvgIpc) is 2.23. The molecule has 0 fully saturated rings. The first kappa shape index (κ1) is 8.92. The van der Waals surface area contributed by atoms with Crippen LogP contribution in [0.1, 0.15) is 0 Å². The Balaban J connectivity index is 2.77. The van der Waals surface area contributed by atoms with Crippen LogP contribution in [0.25, 0.3) is 10.8 Å². The molecule has 0 bridgehead atoms. The molecule has 0 atom stereocenters. The standard InChI is InChI=1S/C11H8N2S/c12-7-14-11-9-4-2-1-3-8(9)5-6-10(11)13/h1-6H,13H2. The molecule has 2 aromatic rings. The smallest absolute Gasteiger partial charge is 0.138 e. The van der Waals surface area contributed by atoms with Crippen molar-refractivity contribution in [2.24, 2.45) is 0 Å². The molecule has 0 aliphatic heterocycles. The number of fused-ring (bicyclic) bond motifs is 1. The van der Waals surface area contributed by atoms with Crippen molar-refractivity contribution in [3.05, 3.63) is 36.4 Å². The van der Waals surface area contributed by atoms with Gasteiger partial charge in [0, 0.05) is 5.69 Å². The minimum Gasteiger partial charge on any atom is -0.398 e. The predicted molar refractivity (Wildman–Crippen MR) is 59.8 cm³/mol. The zero-order valence-electron chi connectivity index (χ0n) is 7.40. The van der Waals surface area contributed by atoms with Crippen LogP contribution in [0.5, 0.6) is 0 Å². The van der Waals surface area contributed by atoms with E-state index in [1.165, 1.54) is 0 Å². The van der Waals surface area contributed by atoms with Crippen molar-refractivity contribution in [1.29, 1.82) is 5.26 Å². The summed E-state index contributed by atoms with van der Waals surface area (Å²) in [6.07, 6.45) is 0. The average molecular weight is 200 g/mol. The topological polar surface area (TPSA) is 49.8 Å². The summed E-state index contributed by atoms with van der Waals surface area (Å²) in [6, 6.07) is 11.7. The van der Waals surface area contributed by atoms with Gasteiger partial charge < -0.3 is 5.73 Å². The van der Waals surface area contributed by atoms with E-state index in [-0.39, 0.29) is 0 Å². The minimum absolute atomic E-state index is 0.662. The molecule has 0 aliphatic carbocycles. The Kier molecular flexibility index (Phi) is 2.30. The number of benzene rings is 2. The highest BCUT2D eigenvalue weighted by atomic mass is 32.2. The Morgan fingerprint density at radius 1 is 1.14 bits per heavy atom. The fraction of sp³-hybridized carbons (Fsp3) is 0. The number of thioether (sulfide) groups is 1. The van der Waals surface area contributed by atoms with Gasteiger partial charge in [-0.1, -0.05) is 30.3 Å². The number of nitriles is 1. The van der Waals surface area contributed by atoms with Gasteiger partial charge in [-0.15, -0.1) is 0 Å². The monoisotopic (exact) mass is 200 g/mol. The molecule has 0 aliphatic rings. The number of hydrogen-bond acceptors (Lipinski definition) is 3. The molecule has 2 rings (SSSR count). The van der Waals surface area contributed by atoms with E-state index in [2.05, 4.69) is 5.40 Å². The van der Waals surface area contributed by atoms with Gasteiger partial charge in [-0.05, 0) is 28.6 Å². The summed E-state index contributed by atoms with van der Waals surface area (Å²) in [5, 5.41) is 12.9. The van der Waals surface area contributed by atoms with E-state index in [1.54, 1.807) is 0 Å². The van der Waals surface area contributed by atoms with Crippen LogP contribution in [0.4, 0.5) is 5.69 Å².